The maximum absolute atomic E-state index is 3.69. The highest BCUT2D eigenvalue weighted by Gasteiger charge is 2.16. The van der Waals surface area contributed by atoms with Gasteiger partial charge in [-0.15, -0.1) is 0 Å². The molecule has 11 heavy (non-hydrogen) atoms. The zero-order valence-corrected chi connectivity index (χ0v) is 9.94. The van der Waals surface area contributed by atoms with Gasteiger partial charge in [-0.25, -0.2) is 0 Å². The summed E-state index contributed by atoms with van der Waals surface area (Å²) in [6.07, 6.45) is 8.35. The number of allylic oxidation sites excluding steroid dienone is 2. The van der Waals surface area contributed by atoms with Crippen molar-refractivity contribution < 1.29 is 0 Å². The van der Waals surface area contributed by atoms with Gasteiger partial charge in [0.2, 0.25) is 0 Å². The summed E-state index contributed by atoms with van der Waals surface area (Å²) in [7, 11) is 0. The molecule has 0 aromatic rings. The van der Waals surface area contributed by atoms with Crippen LogP contribution in [0.4, 0.5) is 0 Å². The molecule has 0 aliphatic heterocycles. The Kier molecular flexibility index (Phi) is 4.14. The summed E-state index contributed by atoms with van der Waals surface area (Å²) in [5.74, 6) is 0.759. The molecule has 0 nitrogen and oxygen atoms in total. The van der Waals surface area contributed by atoms with E-state index in [4.69, 9.17) is 0 Å². The summed E-state index contributed by atoms with van der Waals surface area (Å²) in [5, 5.41) is 0. The van der Waals surface area contributed by atoms with Crippen molar-refractivity contribution in [2.75, 3.05) is 0 Å². The number of rotatable bonds is 0. The second kappa shape index (κ2) is 4.66. The molecule has 1 aliphatic rings. The van der Waals surface area contributed by atoms with Crippen LogP contribution >= 0.6 is 31.9 Å². The third-order valence-electron chi connectivity index (χ3n) is 2.12. The fraction of sp³-hybridized carbons (Fsp3) is 0.778. The van der Waals surface area contributed by atoms with Gasteiger partial charge in [0.25, 0.3) is 0 Å². The van der Waals surface area contributed by atoms with Crippen molar-refractivity contribution in [2.45, 2.75) is 35.8 Å². The van der Waals surface area contributed by atoms with Crippen LogP contribution in [-0.2, 0) is 0 Å². The Bertz CT molecular complexity index is 142. The van der Waals surface area contributed by atoms with Crippen LogP contribution in [0.3, 0.4) is 0 Å². The van der Waals surface area contributed by atoms with Crippen molar-refractivity contribution in [1.29, 1.82) is 0 Å². The Hall–Kier alpha value is 0.700. The first kappa shape index (κ1) is 9.79. The van der Waals surface area contributed by atoms with Crippen LogP contribution in [-0.4, -0.2) is 9.65 Å². The first-order valence-corrected chi connectivity index (χ1v) is 5.98. The molecule has 64 valence electrons. The number of hydrogen-bond acceptors (Lipinski definition) is 0. The molecule has 0 spiro atoms. The molecule has 3 atom stereocenters. The third-order valence-corrected chi connectivity index (χ3v) is 4.93. The van der Waals surface area contributed by atoms with Gasteiger partial charge >= 0.3 is 0 Å². The van der Waals surface area contributed by atoms with E-state index in [1.54, 1.807) is 0 Å². The molecular formula is C9H14Br2. The summed E-state index contributed by atoms with van der Waals surface area (Å²) >= 11 is 7.35. The standard InChI is InChI=1S/C9H14Br2/c1-7-3-2-4-8(10)9(11)6-5-7/h2-3,7-9H,4-6H2,1H3/b3-2-/t7?,8-,9-/m1/s1. The second-order valence-corrected chi connectivity index (χ2v) is 5.60. The minimum atomic E-state index is 0.617. The third kappa shape index (κ3) is 3.29. The summed E-state index contributed by atoms with van der Waals surface area (Å²) < 4.78 is 0. The van der Waals surface area contributed by atoms with E-state index in [1.165, 1.54) is 12.8 Å². The summed E-state index contributed by atoms with van der Waals surface area (Å²) in [6, 6.07) is 0. The predicted molar refractivity (Wildman–Crippen MR) is 57.6 cm³/mol. The maximum atomic E-state index is 3.69. The Balaban J connectivity index is 2.49. The topological polar surface area (TPSA) is 0 Å². The Morgan fingerprint density at radius 2 is 1.91 bits per heavy atom. The summed E-state index contributed by atoms with van der Waals surface area (Å²) in [6.45, 7) is 2.28. The van der Waals surface area contributed by atoms with Gasteiger partial charge in [-0.3, -0.25) is 0 Å². The average Bonchev–Trinajstić information content (AvgIpc) is 1.98. The molecule has 0 saturated heterocycles. The zero-order valence-electron chi connectivity index (χ0n) is 6.76. The van der Waals surface area contributed by atoms with Gasteiger partial charge < -0.3 is 0 Å². The molecule has 1 rings (SSSR count). The molecule has 0 heterocycles. The van der Waals surface area contributed by atoms with Gasteiger partial charge in [-0.1, -0.05) is 50.9 Å². The molecule has 1 aliphatic carbocycles. The molecule has 0 N–H and O–H groups in total. The van der Waals surface area contributed by atoms with E-state index >= 15 is 0 Å². The van der Waals surface area contributed by atoms with Crippen molar-refractivity contribution in [3.05, 3.63) is 12.2 Å². The minimum absolute atomic E-state index is 0.617. The summed E-state index contributed by atoms with van der Waals surface area (Å²) in [4.78, 5) is 1.26. The second-order valence-electron chi connectivity index (χ2n) is 3.25. The molecule has 0 amide bonds. The molecule has 2 heteroatoms. The van der Waals surface area contributed by atoms with Crippen molar-refractivity contribution >= 4 is 31.9 Å². The average molecular weight is 282 g/mol. The van der Waals surface area contributed by atoms with E-state index in [2.05, 4.69) is 50.9 Å². The fourth-order valence-electron chi connectivity index (χ4n) is 1.29. The Morgan fingerprint density at radius 1 is 1.18 bits per heavy atom. The van der Waals surface area contributed by atoms with Crippen molar-refractivity contribution in [1.82, 2.24) is 0 Å². The highest BCUT2D eigenvalue weighted by atomic mass is 79.9. The predicted octanol–water partition coefficient (Wildman–Crippen LogP) is 3.89. The largest absolute Gasteiger partial charge is 0.0878 e. The van der Waals surface area contributed by atoms with Gasteiger partial charge in [0.15, 0.2) is 0 Å². The minimum Gasteiger partial charge on any atom is -0.0878 e. The SMILES string of the molecule is CC1/C=C\C[C@@H](Br)[C@H](Br)CC1. The Labute approximate surface area is 85.7 Å². The highest BCUT2D eigenvalue weighted by Crippen LogP contribution is 2.26. The molecule has 0 saturated carbocycles. The van der Waals surface area contributed by atoms with Gasteiger partial charge in [0.05, 0.1) is 0 Å². The van der Waals surface area contributed by atoms with E-state index in [1.807, 2.05) is 0 Å². The first-order chi connectivity index (χ1) is 5.20. The molecule has 0 radical (unpaired) electrons. The van der Waals surface area contributed by atoms with Crippen molar-refractivity contribution in [2.24, 2.45) is 5.92 Å². The quantitative estimate of drug-likeness (QED) is 0.467. The lowest BCUT2D eigenvalue weighted by molar-refractivity contribution is 0.573. The Morgan fingerprint density at radius 3 is 2.64 bits per heavy atom. The van der Waals surface area contributed by atoms with Crippen LogP contribution in [0.15, 0.2) is 12.2 Å². The van der Waals surface area contributed by atoms with Gasteiger partial charge in [-0.05, 0) is 25.2 Å². The van der Waals surface area contributed by atoms with Gasteiger partial charge in [-0.2, -0.15) is 0 Å². The number of hydrogen-bond donors (Lipinski definition) is 0. The van der Waals surface area contributed by atoms with E-state index in [9.17, 15) is 0 Å². The van der Waals surface area contributed by atoms with Gasteiger partial charge in [0.1, 0.15) is 0 Å². The van der Waals surface area contributed by atoms with Crippen LogP contribution in [0.25, 0.3) is 0 Å². The fourth-order valence-corrected chi connectivity index (χ4v) is 2.25. The van der Waals surface area contributed by atoms with E-state index < -0.39 is 0 Å². The molecular weight excluding hydrogens is 268 g/mol. The van der Waals surface area contributed by atoms with E-state index in [-0.39, 0.29) is 0 Å². The normalized spacial score (nSPS) is 42.6. The van der Waals surface area contributed by atoms with E-state index in [0.717, 1.165) is 12.3 Å². The zero-order chi connectivity index (χ0) is 8.27. The highest BCUT2D eigenvalue weighted by molar-refractivity contribution is 9.12. The molecule has 1 unspecified atom stereocenters. The number of alkyl halides is 2. The van der Waals surface area contributed by atoms with Crippen LogP contribution in [0.1, 0.15) is 26.2 Å². The lowest BCUT2D eigenvalue weighted by atomic mass is 9.98. The van der Waals surface area contributed by atoms with Crippen molar-refractivity contribution in [3.8, 4) is 0 Å². The van der Waals surface area contributed by atoms with Crippen molar-refractivity contribution in [3.63, 3.8) is 0 Å². The molecule has 0 aromatic carbocycles. The van der Waals surface area contributed by atoms with Gasteiger partial charge in [0, 0.05) is 9.65 Å². The lowest BCUT2D eigenvalue weighted by Crippen LogP contribution is -2.15. The smallest absolute Gasteiger partial charge is 0.0305 e. The van der Waals surface area contributed by atoms with Crippen LogP contribution in [0.5, 0.6) is 0 Å². The molecule has 0 bridgehead atoms. The van der Waals surface area contributed by atoms with Crippen LogP contribution < -0.4 is 0 Å². The van der Waals surface area contributed by atoms with Crippen LogP contribution in [0.2, 0.25) is 0 Å². The van der Waals surface area contributed by atoms with Crippen LogP contribution in [0, 0.1) is 5.92 Å². The molecule has 0 aromatic heterocycles. The maximum Gasteiger partial charge on any atom is 0.0305 e. The van der Waals surface area contributed by atoms with E-state index in [0.29, 0.717) is 9.65 Å². The number of halogens is 2. The lowest BCUT2D eigenvalue weighted by Gasteiger charge is -2.19. The molecule has 0 fully saturated rings. The first-order valence-electron chi connectivity index (χ1n) is 4.15. The summed E-state index contributed by atoms with van der Waals surface area (Å²) in [5.41, 5.74) is 0. The monoisotopic (exact) mass is 280 g/mol.